The van der Waals surface area contributed by atoms with Gasteiger partial charge < -0.3 is 34.1 Å². The summed E-state index contributed by atoms with van der Waals surface area (Å²) in [4.78, 5) is 12.4. The maximum atomic E-state index is 12.4. The van der Waals surface area contributed by atoms with Crippen molar-refractivity contribution >= 4 is 6.09 Å². The monoisotopic (exact) mass is 555 g/mol. The lowest BCUT2D eigenvalue weighted by Crippen LogP contribution is -2.54. The van der Waals surface area contributed by atoms with Crippen LogP contribution in [0.4, 0.5) is 4.79 Å². The number of amides is 1. The predicted octanol–water partition coefficient (Wildman–Crippen LogP) is 5.24. The van der Waals surface area contributed by atoms with Crippen molar-refractivity contribution < 1.29 is 33.6 Å². The van der Waals surface area contributed by atoms with Crippen LogP contribution in [0.3, 0.4) is 0 Å². The second-order valence-corrected chi connectivity index (χ2v) is 11.3. The molecule has 2 aromatic carbocycles. The quantitative estimate of drug-likeness (QED) is 0.326. The smallest absolute Gasteiger partial charge is 0.408 e. The van der Waals surface area contributed by atoms with E-state index in [2.05, 4.69) is 25.7 Å². The van der Waals surface area contributed by atoms with Gasteiger partial charge in [0.05, 0.1) is 44.7 Å². The molecule has 1 aliphatic heterocycles. The Labute approximate surface area is 238 Å². The Kier molecular flexibility index (Phi) is 12.2. The third kappa shape index (κ3) is 10.0. The summed E-state index contributed by atoms with van der Waals surface area (Å²) >= 11 is 0. The van der Waals surface area contributed by atoms with Crippen molar-refractivity contribution in [3.8, 4) is 0 Å². The van der Waals surface area contributed by atoms with Crippen LogP contribution in [0.25, 0.3) is 0 Å². The molecule has 7 atom stereocenters. The molecule has 40 heavy (non-hydrogen) atoms. The first-order valence-electron chi connectivity index (χ1n) is 13.9. The summed E-state index contributed by atoms with van der Waals surface area (Å²) in [6.45, 7) is 14.5. The van der Waals surface area contributed by atoms with Crippen LogP contribution in [0.15, 0.2) is 73.3 Å². The van der Waals surface area contributed by atoms with Crippen molar-refractivity contribution in [1.82, 2.24) is 5.32 Å². The molecule has 2 N–H and O–H groups in total. The summed E-state index contributed by atoms with van der Waals surface area (Å²) in [6.07, 6.45) is -1.73. The van der Waals surface area contributed by atoms with Crippen molar-refractivity contribution in [2.45, 2.75) is 84.1 Å². The van der Waals surface area contributed by atoms with Gasteiger partial charge >= 0.3 is 6.09 Å². The number of nitrogens with one attached hydrogen (secondary N) is 1. The Bertz CT molecular complexity index is 1020. The zero-order chi connectivity index (χ0) is 29.1. The summed E-state index contributed by atoms with van der Waals surface area (Å²) < 4.78 is 30.4. The standard InChI is InChI=1S/C32H45NO7/c1-7-27(34)26(33-31(35)40-32(4,5)6)20-38-30-29(37-19-25-16-12-9-13-17-25)23(3)22(2)28(39-30)21-36-18-24-14-10-8-11-15-24/h7-17,22-23,26-30,34H,1,18-21H2,2-6H3,(H,33,35)/t22-,23+,26+,27-,28?,29?,30-/m1/s1. The van der Waals surface area contributed by atoms with Crippen LogP contribution in [-0.2, 0) is 36.9 Å². The molecule has 220 valence electrons. The van der Waals surface area contributed by atoms with Gasteiger partial charge in [-0.25, -0.2) is 4.79 Å². The van der Waals surface area contributed by atoms with Crippen molar-refractivity contribution in [2.24, 2.45) is 11.8 Å². The van der Waals surface area contributed by atoms with E-state index in [1.165, 1.54) is 6.08 Å². The predicted molar refractivity (Wildman–Crippen MR) is 153 cm³/mol. The van der Waals surface area contributed by atoms with Crippen LogP contribution in [0.5, 0.6) is 0 Å². The summed E-state index contributed by atoms with van der Waals surface area (Å²) in [5.41, 5.74) is 1.45. The molecule has 8 heteroatoms. The minimum absolute atomic E-state index is 0.0407. The first-order valence-corrected chi connectivity index (χ1v) is 13.9. The van der Waals surface area contributed by atoms with E-state index in [0.29, 0.717) is 19.8 Å². The van der Waals surface area contributed by atoms with Gasteiger partial charge in [0, 0.05) is 0 Å². The molecule has 0 radical (unpaired) electrons. The number of hydrogen-bond donors (Lipinski definition) is 2. The average molecular weight is 556 g/mol. The number of alkyl carbamates (subject to hydrolysis) is 1. The summed E-state index contributed by atoms with van der Waals surface area (Å²) in [5.74, 6) is 0.209. The number of carbonyl (C=O) groups excluding carboxylic acids is 1. The van der Waals surface area contributed by atoms with Crippen LogP contribution in [0, 0.1) is 11.8 Å². The van der Waals surface area contributed by atoms with Crippen LogP contribution in [-0.4, -0.2) is 60.7 Å². The van der Waals surface area contributed by atoms with E-state index in [0.717, 1.165) is 11.1 Å². The molecule has 1 aliphatic rings. The summed E-state index contributed by atoms with van der Waals surface area (Å²) in [6, 6.07) is 19.1. The normalized spacial score (nSPS) is 24.6. The first-order chi connectivity index (χ1) is 19.1. The fourth-order valence-corrected chi connectivity index (χ4v) is 4.50. The average Bonchev–Trinajstić information content (AvgIpc) is 2.92. The van der Waals surface area contributed by atoms with E-state index < -0.39 is 30.1 Å². The third-order valence-electron chi connectivity index (χ3n) is 6.99. The molecule has 1 amide bonds. The molecule has 0 spiro atoms. The zero-order valence-corrected chi connectivity index (χ0v) is 24.3. The number of carbonyl (C=O) groups is 1. The minimum atomic E-state index is -1.05. The summed E-state index contributed by atoms with van der Waals surface area (Å²) in [7, 11) is 0. The van der Waals surface area contributed by atoms with E-state index in [-0.39, 0.29) is 30.7 Å². The molecule has 0 saturated carbocycles. The molecular weight excluding hydrogens is 510 g/mol. The van der Waals surface area contributed by atoms with Gasteiger partial charge in [0.1, 0.15) is 11.7 Å². The molecule has 2 aromatic rings. The molecule has 1 fully saturated rings. The van der Waals surface area contributed by atoms with E-state index >= 15 is 0 Å². The number of rotatable bonds is 13. The highest BCUT2D eigenvalue weighted by Crippen LogP contribution is 2.34. The van der Waals surface area contributed by atoms with Gasteiger partial charge in [0.25, 0.3) is 0 Å². The van der Waals surface area contributed by atoms with Gasteiger partial charge in [-0.15, -0.1) is 6.58 Å². The molecule has 2 unspecified atom stereocenters. The van der Waals surface area contributed by atoms with Gasteiger partial charge in [-0.2, -0.15) is 0 Å². The van der Waals surface area contributed by atoms with Gasteiger partial charge in [0.2, 0.25) is 0 Å². The number of hydrogen-bond acceptors (Lipinski definition) is 7. The Morgan fingerprint density at radius 1 is 1.00 bits per heavy atom. The molecule has 1 saturated heterocycles. The number of aliphatic hydroxyl groups excluding tert-OH is 1. The minimum Gasteiger partial charge on any atom is -0.444 e. The molecule has 3 rings (SSSR count). The molecule has 1 heterocycles. The summed E-state index contributed by atoms with van der Waals surface area (Å²) in [5, 5.41) is 13.2. The van der Waals surface area contributed by atoms with Gasteiger partial charge in [-0.05, 0) is 43.7 Å². The molecule has 8 nitrogen and oxygen atoms in total. The Balaban J connectivity index is 1.70. The van der Waals surface area contributed by atoms with E-state index in [4.69, 9.17) is 23.7 Å². The van der Waals surface area contributed by atoms with Crippen LogP contribution >= 0.6 is 0 Å². The fraction of sp³-hybridized carbons (Fsp3) is 0.531. The Morgan fingerprint density at radius 3 is 2.17 bits per heavy atom. The first kappa shape index (κ1) is 31.8. The van der Waals surface area contributed by atoms with Crippen LogP contribution in [0.1, 0.15) is 45.7 Å². The van der Waals surface area contributed by atoms with E-state index in [1.54, 1.807) is 20.8 Å². The van der Waals surface area contributed by atoms with Crippen LogP contribution < -0.4 is 5.32 Å². The SMILES string of the molecule is C=C[C@@H](O)[C@H](CO[C@@H]1OC(COCc2ccccc2)[C@H](C)[C@H](C)C1OCc1ccccc1)NC(=O)OC(C)(C)C. The maximum Gasteiger partial charge on any atom is 0.408 e. The Hall–Kier alpha value is -2.75. The lowest BCUT2D eigenvalue weighted by Gasteiger charge is -2.44. The fourth-order valence-electron chi connectivity index (χ4n) is 4.50. The highest BCUT2D eigenvalue weighted by molar-refractivity contribution is 5.68. The van der Waals surface area contributed by atoms with Crippen molar-refractivity contribution in [1.29, 1.82) is 0 Å². The number of benzene rings is 2. The van der Waals surface area contributed by atoms with E-state index in [9.17, 15) is 9.90 Å². The van der Waals surface area contributed by atoms with Gasteiger partial charge in [-0.1, -0.05) is 80.6 Å². The lowest BCUT2D eigenvalue weighted by molar-refractivity contribution is -0.291. The highest BCUT2D eigenvalue weighted by atomic mass is 16.7. The van der Waals surface area contributed by atoms with Crippen LogP contribution in [0.2, 0.25) is 0 Å². The molecular formula is C32H45NO7. The number of ether oxygens (including phenoxy) is 5. The van der Waals surface area contributed by atoms with Crippen molar-refractivity contribution in [2.75, 3.05) is 13.2 Å². The maximum absolute atomic E-state index is 12.4. The van der Waals surface area contributed by atoms with Crippen molar-refractivity contribution in [3.05, 3.63) is 84.4 Å². The lowest BCUT2D eigenvalue weighted by atomic mass is 9.83. The van der Waals surface area contributed by atoms with Gasteiger partial charge in [-0.3, -0.25) is 0 Å². The Morgan fingerprint density at radius 2 is 1.60 bits per heavy atom. The topological polar surface area (TPSA) is 95.5 Å². The largest absolute Gasteiger partial charge is 0.444 e. The highest BCUT2D eigenvalue weighted by Gasteiger charge is 2.43. The molecule has 0 bridgehead atoms. The van der Waals surface area contributed by atoms with E-state index in [1.807, 2.05) is 60.7 Å². The van der Waals surface area contributed by atoms with Crippen molar-refractivity contribution in [3.63, 3.8) is 0 Å². The van der Waals surface area contributed by atoms with Gasteiger partial charge in [0.15, 0.2) is 6.29 Å². The third-order valence-corrected chi connectivity index (χ3v) is 6.99. The second-order valence-electron chi connectivity index (χ2n) is 11.3. The molecule has 0 aromatic heterocycles. The second kappa shape index (κ2) is 15.3. The zero-order valence-electron chi connectivity index (χ0n) is 24.3. The number of aliphatic hydroxyl groups is 1. The molecule has 0 aliphatic carbocycles.